The van der Waals surface area contributed by atoms with E-state index in [0.29, 0.717) is 29.5 Å². The molecule has 1 aromatic rings. The van der Waals surface area contributed by atoms with Gasteiger partial charge >= 0.3 is 5.97 Å². The Morgan fingerprint density at radius 1 is 1.39 bits per heavy atom. The predicted molar refractivity (Wildman–Crippen MR) is 71.8 cm³/mol. The molecule has 0 amide bonds. The van der Waals surface area contributed by atoms with Crippen LogP contribution in [0.15, 0.2) is 18.2 Å². The summed E-state index contributed by atoms with van der Waals surface area (Å²) in [6.45, 7) is 4.91. The molecule has 1 rings (SSSR count). The van der Waals surface area contributed by atoms with Crippen molar-refractivity contribution >= 4 is 11.7 Å². The topological polar surface area (TPSA) is 61.5 Å². The van der Waals surface area contributed by atoms with Crippen molar-refractivity contribution in [3.8, 4) is 5.75 Å². The molecular formula is C14H21NO3. The summed E-state index contributed by atoms with van der Waals surface area (Å²) in [7, 11) is 1.35. The van der Waals surface area contributed by atoms with Gasteiger partial charge < -0.3 is 15.2 Å². The summed E-state index contributed by atoms with van der Waals surface area (Å²) in [5, 5.41) is 0. The number of hydrogen-bond donors (Lipinski definition) is 1. The second-order valence-electron chi connectivity index (χ2n) is 4.63. The summed E-state index contributed by atoms with van der Waals surface area (Å²) >= 11 is 0. The Morgan fingerprint density at radius 2 is 2.11 bits per heavy atom. The van der Waals surface area contributed by atoms with E-state index in [-0.39, 0.29) is 0 Å². The van der Waals surface area contributed by atoms with Crippen molar-refractivity contribution < 1.29 is 14.3 Å². The normalized spacial score (nSPS) is 10.4. The maximum absolute atomic E-state index is 11.5. The van der Waals surface area contributed by atoms with E-state index in [9.17, 15) is 4.79 Å². The third-order valence-electron chi connectivity index (χ3n) is 2.59. The maximum Gasteiger partial charge on any atom is 0.341 e. The number of nitrogen functional groups attached to an aromatic ring is 1. The zero-order valence-corrected chi connectivity index (χ0v) is 11.2. The van der Waals surface area contributed by atoms with Crippen molar-refractivity contribution in [3.05, 3.63) is 23.8 Å². The van der Waals surface area contributed by atoms with Gasteiger partial charge in [0.15, 0.2) is 0 Å². The molecule has 4 nitrogen and oxygen atoms in total. The lowest BCUT2D eigenvalue weighted by Gasteiger charge is -2.11. The van der Waals surface area contributed by atoms with Crippen LogP contribution in [0.2, 0.25) is 0 Å². The molecule has 0 heterocycles. The van der Waals surface area contributed by atoms with Gasteiger partial charge in [-0.2, -0.15) is 0 Å². The number of esters is 1. The van der Waals surface area contributed by atoms with Gasteiger partial charge in [-0.25, -0.2) is 4.79 Å². The molecule has 0 atom stereocenters. The molecular weight excluding hydrogens is 230 g/mol. The summed E-state index contributed by atoms with van der Waals surface area (Å²) in [5.74, 6) is 0.731. The smallest absolute Gasteiger partial charge is 0.341 e. The van der Waals surface area contributed by atoms with Crippen LogP contribution in [0.3, 0.4) is 0 Å². The maximum atomic E-state index is 11.5. The van der Waals surface area contributed by atoms with Gasteiger partial charge in [-0.05, 0) is 30.9 Å². The largest absolute Gasteiger partial charge is 0.493 e. The lowest BCUT2D eigenvalue weighted by atomic mass is 10.1. The van der Waals surface area contributed by atoms with Gasteiger partial charge in [0.25, 0.3) is 0 Å². The van der Waals surface area contributed by atoms with Crippen LogP contribution in [0.5, 0.6) is 5.75 Å². The zero-order valence-electron chi connectivity index (χ0n) is 11.2. The Labute approximate surface area is 108 Å². The van der Waals surface area contributed by atoms with E-state index in [1.807, 2.05) is 0 Å². The highest BCUT2D eigenvalue weighted by molar-refractivity contribution is 5.93. The summed E-state index contributed by atoms with van der Waals surface area (Å²) in [5.41, 5.74) is 6.67. The van der Waals surface area contributed by atoms with Crippen LogP contribution in [0.1, 0.15) is 37.0 Å². The van der Waals surface area contributed by atoms with Crippen LogP contribution < -0.4 is 10.5 Å². The number of hydrogen-bond acceptors (Lipinski definition) is 4. The molecule has 1 aromatic carbocycles. The molecule has 0 aliphatic heterocycles. The predicted octanol–water partition coefficient (Wildman–Crippen LogP) is 2.87. The van der Waals surface area contributed by atoms with Gasteiger partial charge in [0, 0.05) is 11.8 Å². The lowest BCUT2D eigenvalue weighted by molar-refractivity contribution is 0.0596. The van der Waals surface area contributed by atoms with Gasteiger partial charge in [-0.3, -0.25) is 0 Å². The van der Waals surface area contributed by atoms with E-state index in [2.05, 4.69) is 13.8 Å². The third-order valence-corrected chi connectivity index (χ3v) is 2.59. The number of rotatable bonds is 6. The minimum atomic E-state index is -0.408. The molecule has 0 spiro atoms. The van der Waals surface area contributed by atoms with Crippen molar-refractivity contribution in [2.75, 3.05) is 19.5 Å². The Bertz CT molecular complexity index is 402. The number of benzene rings is 1. The van der Waals surface area contributed by atoms with Crippen molar-refractivity contribution in [3.63, 3.8) is 0 Å². The summed E-state index contributed by atoms with van der Waals surface area (Å²) < 4.78 is 10.3. The molecule has 4 heteroatoms. The van der Waals surface area contributed by atoms with Crippen LogP contribution in [0, 0.1) is 5.92 Å². The lowest BCUT2D eigenvalue weighted by Crippen LogP contribution is -2.07. The highest BCUT2D eigenvalue weighted by Crippen LogP contribution is 2.23. The van der Waals surface area contributed by atoms with Gasteiger partial charge in [0.1, 0.15) is 11.3 Å². The summed E-state index contributed by atoms with van der Waals surface area (Å²) in [6, 6.07) is 4.94. The molecule has 18 heavy (non-hydrogen) atoms. The fourth-order valence-corrected chi connectivity index (χ4v) is 1.61. The van der Waals surface area contributed by atoms with Crippen LogP contribution in [-0.2, 0) is 4.74 Å². The average molecular weight is 251 g/mol. The molecule has 100 valence electrons. The van der Waals surface area contributed by atoms with E-state index in [4.69, 9.17) is 15.2 Å². The summed E-state index contributed by atoms with van der Waals surface area (Å²) in [4.78, 5) is 11.5. The Morgan fingerprint density at radius 3 is 2.72 bits per heavy atom. The number of ether oxygens (including phenoxy) is 2. The van der Waals surface area contributed by atoms with E-state index < -0.39 is 5.97 Å². The Balaban J connectivity index is 2.67. The van der Waals surface area contributed by atoms with Gasteiger partial charge in [0.2, 0.25) is 0 Å². The third kappa shape index (κ3) is 4.28. The molecule has 2 N–H and O–H groups in total. The first-order valence-electron chi connectivity index (χ1n) is 6.15. The van der Waals surface area contributed by atoms with Crippen molar-refractivity contribution in [2.45, 2.75) is 26.7 Å². The average Bonchev–Trinajstić information content (AvgIpc) is 2.33. The van der Waals surface area contributed by atoms with Gasteiger partial charge in [-0.15, -0.1) is 0 Å². The fourth-order valence-electron chi connectivity index (χ4n) is 1.61. The fraction of sp³-hybridized carbons (Fsp3) is 0.500. The molecule has 0 aromatic heterocycles. The second-order valence-corrected chi connectivity index (χ2v) is 4.63. The quantitative estimate of drug-likeness (QED) is 0.480. The van der Waals surface area contributed by atoms with Crippen molar-refractivity contribution in [1.82, 2.24) is 0 Å². The van der Waals surface area contributed by atoms with Crippen molar-refractivity contribution in [2.24, 2.45) is 5.92 Å². The monoisotopic (exact) mass is 251 g/mol. The molecule has 0 saturated heterocycles. The Hall–Kier alpha value is -1.71. The molecule has 0 saturated carbocycles. The van der Waals surface area contributed by atoms with Crippen LogP contribution >= 0.6 is 0 Å². The first-order chi connectivity index (χ1) is 8.54. The molecule has 0 unspecified atom stereocenters. The SMILES string of the molecule is COC(=O)c1ccc(N)cc1OCCCC(C)C. The highest BCUT2D eigenvalue weighted by Gasteiger charge is 2.13. The van der Waals surface area contributed by atoms with E-state index >= 15 is 0 Å². The molecule has 0 radical (unpaired) electrons. The molecule has 0 aliphatic rings. The van der Waals surface area contributed by atoms with Gasteiger partial charge in [-0.1, -0.05) is 13.8 Å². The highest BCUT2D eigenvalue weighted by atomic mass is 16.5. The van der Waals surface area contributed by atoms with E-state index in [1.54, 1.807) is 18.2 Å². The Kier molecular flexibility index (Phi) is 5.49. The molecule has 0 aliphatic carbocycles. The molecule has 0 fully saturated rings. The number of methoxy groups -OCH3 is 1. The number of nitrogens with two attached hydrogens (primary N) is 1. The molecule has 0 bridgehead atoms. The standard InChI is InChI=1S/C14H21NO3/c1-10(2)5-4-8-18-13-9-11(15)6-7-12(13)14(16)17-3/h6-7,9-10H,4-5,8,15H2,1-3H3. The number of anilines is 1. The first-order valence-corrected chi connectivity index (χ1v) is 6.15. The first kappa shape index (κ1) is 14.4. The van der Waals surface area contributed by atoms with Crippen LogP contribution in [-0.4, -0.2) is 19.7 Å². The zero-order chi connectivity index (χ0) is 13.5. The minimum absolute atomic E-state index is 0.408. The van der Waals surface area contributed by atoms with E-state index in [1.165, 1.54) is 7.11 Å². The number of carbonyl (C=O) groups excluding carboxylic acids is 1. The van der Waals surface area contributed by atoms with Gasteiger partial charge in [0.05, 0.1) is 13.7 Å². The number of carbonyl (C=O) groups is 1. The summed E-state index contributed by atoms with van der Waals surface area (Å²) in [6.07, 6.45) is 2.04. The van der Waals surface area contributed by atoms with Crippen LogP contribution in [0.4, 0.5) is 5.69 Å². The second kappa shape index (κ2) is 6.89. The van der Waals surface area contributed by atoms with Crippen LogP contribution in [0.25, 0.3) is 0 Å². The minimum Gasteiger partial charge on any atom is -0.493 e. The van der Waals surface area contributed by atoms with Crippen molar-refractivity contribution in [1.29, 1.82) is 0 Å². The van der Waals surface area contributed by atoms with E-state index in [0.717, 1.165) is 12.8 Å².